The highest BCUT2D eigenvalue weighted by Crippen LogP contribution is 2.18. The third kappa shape index (κ3) is 3.05. The fourth-order valence-electron chi connectivity index (χ4n) is 2.08. The maximum Gasteiger partial charge on any atom is 0.226 e. The quantitative estimate of drug-likeness (QED) is 0.872. The van der Waals surface area contributed by atoms with E-state index in [2.05, 4.69) is 5.32 Å². The van der Waals surface area contributed by atoms with Crippen molar-refractivity contribution in [2.24, 2.45) is 5.92 Å². The fraction of sp³-hybridized carbons (Fsp3) is 0.429. The minimum atomic E-state index is -0.0846. The summed E-state index contributed by atoms with van der Waals surface area (Å²) >= 11 is 0. The minimum absolute atomic E-state index is 0.0107. The van der Waals surface area contributed by atoms with Crippen LogP contribution in [0.5, 0.6) is 5.75 Å². The fourth-order valence-corrected chi connectivity index (χ4v) is 2.08. The molecule has 1 aliphatic rings. The summed E-state index contributed by atoms with van der Waals surface area (Å²) in [5, 5.41) is 2.88. The molecule has 2 amide bonds. The van der Waals surface area contributed by atoms with Crippen molar-refractivity contribution in [1.82, 2.24) is 10.2 Å². The second kappa shape index (κ2) is 5.73. The van der Waals surface area contributed by atoms with Gasteiger partial charge in [0.1, 0.15) is 5.75 Å². The Morgan fingerprint density at radius 1 is 1.37 bits per heavy atom. The van der Waals surface area contributed by atoms with E-state index in [0.717, 1.165) is 11.3 Å². The number of methoxy groups -OCH3 is 1. The van der Waals surface area contributed by atoms with Gasteiger partial charge in [-0.05, 0) is 6.07 Å². The Morgan fingerprint density at radius 2 is 2.05 bits per heavy atom. The molecule has 0 aliphatic carbocycles. The number of amides is 2. The molecule has 0 atom stereocenters. The smallest absolute Gasteiger partial charge is 0.226 e. The maximum absolute atomic E-state index is 11.9. The number of carbonyl (C=O) groups excluding carboxylic acids is 2. The van der Waals surface area contributed by atoms with Gasteiger partial charge in [0.15, 0.2) is 0 Å². The third-order valence-corrected chi connectivity index (χ3v) is 3.34. The molecule has 2 rings (SSSR count). The van der Waals surface area contributed by atoms with Gasteiger partial charge in [-0.15, -0.1) is 0 Å². The van der Waals surface area contributed by atoms with Crippen molar-refractivity contribution in [3.63, 3.8) is 0 Å². The molecule has 0 unspecified atom stereocenters. The lowest BCUT2D eigenvalue weighted by molar-refractivity contribution is -0.141. The topological polar surface area (TPSA) is 58.6 Å². The molecule has 0 bridgehead atoms. The number of ether oxygens (including phenoxy) is 1. The second-order valence-corrected chi connectivity index (χ2v) is 4.65. The Balaban J connectivity index is 1.83. The van der Waals surface area contributed by atoms with E-state index in [1.54, 1.807) is 12.0 Å². The highest BCUT2D eigenvalue weighted by atomic mass is 16.5. The van der Waals surface area contributed by atoms with Gasteiger partial charge in [0.05, 0.1) is 13.0 Å². The van der Waals surface area contributed by atoms with Crippen molar-refractivity contribution < 1.29 is 14.3 Å². The largest absolute Gasteiger partial charge is 0.496 e. The Labute approximate surface area is 112 Å². The van der Waals surface area contributed by atoms with Gasteiger partial charge in [-0.3, -0.25) is 9.59 Å². The van der Waals surface area contributed by atoms with Crippen molar-refractivity contribution in [3.8, 4) is 5.75 Å². The van der Waals surface area contributed by atoms with Crippen LogP contribution >= 0.6 is 0 Å². The zero-order chi connectivity index (χ0) is 13.8. The molecule has 1 fully saturated rings. The zero-order valence-electron chi connectivity index (χ0n) is 11.2. The average molecular weight is 262 g/mol. The van der Waals surface area contributed by atoms with Crippen molar-refractivity contribution in [3.05, 3.63) is 29.8 Å². The number of likely N-dealkylation sites (tertiary alicyclic amines) is 1. The third-order valence-electron chi connectivity index (χ3n) is 3.34. The van der Waals surface area contributed by atoms with Gasteiger partial charge in [0.2, 0.25) is 11.8 Å². The Kier molecular flexibility index (Phi) is 4.04. The van der Waals surface area contributed by atoms with E-state index < -0.39 is 0 Å². The average Bonchev–Trinajstić information content (AvgIpc) is 2.34. The van der Waals surface area contributed by atoms with Crippen LogP contribution in [0.1, 0.15) is 12.5 Å². The molecule has 1 aliphatic heterocycles. The molecule has 0 spiro atoms. The van der Waals surface area contributed by atoms with E-state index in [4.69, 9.17) is 4.74 Å². The molecule has 1 saturated heterocycles. The van der Waals surface area contributed by atoms with Crippen LogP contribution in [-0.2, 0) is 16.1 Å². The lowest BCUT2D eigenvalue weighted by Crippen LogP contribution is -2.55. The molecule has 1 N–H and O–H groups in total. The Bertz CT molecular complexity index is 481. The van der Waals surface area contributed by atoms with E-state index >= 15 is 0 Å². The first kappa shape index (κ1) is 13.4. The number of nitrogens with one attached hydrogen (secondary N) is 1. The molecular weight excluding hydrogens is 244 g/mol. The standard InChI is InChI=1S/C14H18N2O3/c1-10(17)16-8-12(9-16)14(18)15-7-11-5-3-4-6-13(11)19-2/h3-6,12H,7-9H2,1-2H3,(H,15,18). The number of carbonyl (C=O) groups is 2. The predicted molar refractivity (Wildman–Crippen MR) is 70.6 cm³/mol. The number of hydrogen-bond acceptors (Lipinski definition) is 3. The molecule has 5 heteroatoms. The van der Waals surface area contributed by atoms with Crippen molar-refractivity contribution in [2.45, 2.75) is 13.5 Å². The van der Waals surface area contributed by atoms with Crippen LogP contribution < -0.4 is 10.1 Å². The molecular formula is C14H18N2O3. The van der Waals surface area contributed by atoms with E-state index in [-0.39, 0.29) is 17.7 Å². The SMILES string of the molecule is COc1ccccc1CNC(=O)C1CN(C(C)=O)C1. The zero-order valence-corrected chi connectivity index (χ0v) is 11.2. The lowest BCUT2D eigenvalue weighted by atomic mass is 9.99. The lowest BCUT2D eigenvalue weighted by Gasteiger charge is -2.37. The van der Waals surface area contributed by atoms with Crippen LogP contribution in [0.4, 0.5) is 0 Å². The first-order valence-electron chi connectivity index (χ1n) is 6.27. The number of hydrogen-bond donors (Lipinski definition) is 1. The van der Waals surface area contributed by atoms with Crippen LogP contribution in [0.3, 0.4) is 0 Å². The number of rotatable bonds is 4. The van der Waals surface area contributed by atoms with Crippen molar-refractivity contribution in [2.75, 3.05) is 20.2 Å². The molecule has 102 valence electrons. The first-order valence-corrected chi connectivity index (χ1v) is 6.27. The maximum atomic E-state index is 11.9. The van der Waals surface area contributed by atoms with Gasteiger partial charge in [0, 0.05) is 32.1 Å². The summed E-state index contributed by atoms with van der Waals surface area (Å²) in [6.07, 6.45) is 0. The number of benzene rings is 1. The van der Waals surface area contributed by atoms with Crippen LogP contribution in [0.2, 0.25) is 0 Å². The van der Waals surface area contributed by atoms with Crippen LogP contribution in [-0.4, -0.2) is 36.9 Å². The predicted octanol–water partition coefficient (Wildman–Crippen LogP) is 0.790. The van der Waals surface area contributed by atoms with E-state index in [9.17, 15) is 9.59 Å². The molecule has 0 radical (unpaired) electrons. The van der Waals surface area contributed by atoms with E-state index in [0.29, 0.717) is 19.6 Å². The van der Waals surface area contributed by atoms with Crippen LogP contribution in [0, 0.1) is 5.92 Å². The van der Waals surface area contributed by atoms with Gasteiger partial charge < -0.3 is 15.0 Å². The summed E-state index contributed by atoms with van der Waals surface area (Å²) in [5.74, 6) is 0.692. The van der Waals surface area contributed by atoms with Gasteiger partial charge in [0.25, 0.3) is 0 Å². The van der Waals surface area contributed by atoms with Crippen LogP contribution in [0.25, 0.3) is 0 Å². The molecule has 0 saturated carbocycles. The van der Waals surface area contributed by atoms with Crippen molar-refractivity contribution >= 4 is 11.8 Å². The molecule has 19 heavy (non-hydrogen) atoms. The Hall–Kier alpha value is -2.04. The van der Waals surface area contributed by atoms with Crippen LogP contribution in [0.15, 0.2) is 24.3 Å². The molecule has 5 nitrogen and oxygen atoms in total. The van der Waals surface area contributed by atoms with E-state index in [1.807, 2.05) is 24.3 Å². The molecule has 1 heterocycles. The summed E-state index contributed by atoms with van der Waals surface area (Å²) in [5.41, 5.74) is 0.945. The molecule has 0 aromatic heterocycles. The highest BCUT2D eigenvalue weighted by Gasteiger charge is 2.33. The molecule has 1 aromatic carbocycles. The van der Waals surface area contributed by atoms with Gasteiger partial charge >= 0.3 is 0 Å². The highest BCUT2D eigenvalue weighted by molar-refractivity contribution is 5.83. The summed E-state index contributed by atoms with van der Waals surface area (Å²) in [6.45, 7) is 3.00. The van der Waals surface area contributed by atoms with Crippen molar-refractivity contribution in [1.29, 1.82) is 0 Å². The monoisotopic (exact) mass is 262 g/mol. The van der Waals surface area contributed by atoms with Gasteiger partial charge in [-0.2, -0.15) is 0 Å². The minimum Gasteiger partial charge on any atom is -0.496 e. The Morgan fingerprint density at radius 3 is 2.68 bits per heavy atom. The second-order valence-electron chi connectivity index (χ2n) is 4.65. The number of nitrogens with zero attached hydrogens (tertiary/aromatic N) is 1. The summed E-state index contributed by atoms with van der Waals surface area (Å²) in [4.78, 5) is 24.6. The number of para-hydroxylation sites is 1. The van der Waals surface area contributed by atoms with Gasteiger partial charge in [-0.1, -0.05) is 18.2 Å². The van der Waals surface area contributed by atoms with Gasteiger partial charge in [-0.25, -0.2) is 0 Å². The van der Waals surface area contributed by atoms with E-state index in [1.165, 1.54) is 6.92 Å². The summed E-state index contributed by atoms with van der Waals surface area (Å²) in [6, 6.07) is 7.58. The summed E-state index contributed by atoms with van der Waals surface area (Å²) in [7, 11) is 1.61. The molecule has 1 aromatic rings. The first-order chi connectivity index (χ1) is 9.11. The normalized spacial score (nSPS) is 14.7. The summed E-state index contributed by atoms with van der Waals surface area (Å²) < 4.78 is 5.22.